The highest BCUT2D eigenvalue weighted by atomic mass is 16.5. The maximum Gasteiger partial charge on any atom is 0.266 e. The summed E-state index contributed by atoms with van der Waals surface area (Å²) >= 11 is 0. The summed E-state index contributed by atoms with van der Waals surface area (Å²) in [6.45, 7) is 0.422. The largest absolute Gasteiger partial charge is 0.483 e. The Labute approximate surface area is 328 Å². The van der Waals surface area contributed by atoms with Crippen LogP contribution in [-0.2, 0) is 19.2 Å². The van der Waals surface area contributed by atoms with E-state index in [-0.39, 0.29) is 47.5 Å². The molecule has 2 aliphatic heterocycles. The maximum absolute atomic E-state index is 13.2. The summed E-state index contributed by atoms with van der Waals surface area (Å²) in [7, 11) is 0. The number of para-hydroxylation sites is 1. The van der Waals surface area contributed by atoms with Crippen LogP contribution in [0.5, 0.6) is 5.75 Å². The number of carbonyl (C=O) groups excluding carboxylic acids is 7. The number of amides is 7. The van der Waals surface area contributed by atoms with E-state index in [0.29, 0.717) is 37.2 Å². The Bertz CT molecular complexity index is 2250. The molecule has 1 saturated carbocycles. The van der Waals surface area contributed by atoms with E-state index in [1.807, 2.05) is 36.4 Å². The molecular formula is C42H43N7O8. The van der Waals surface area contributed by atoms with Crippen LogP contribution in [0.25, 0.3) is 10.9 Å². The number of fused-ring (bicyclic) bond motifs is 2. The number of imide groups is 2. The highest BCUT2D eigenvalue weighted by Crippen LogP contribution is 2.39. The Balaban J connectivity index is 0.832. The van der Waals surface area contributed by atoms with E-state index < -0.39 is 48.1 Å². The summed E-state index contributed by atoms with van der Waals surface area (Å²) in [6.07, 6.45) is 5.99. The molecule has 0 radical (unpaired) electrons. The average Bonchev–Trinajstić information content (AvgIpc) is 3.47. The molecule has 294 valence electrons. The number of primary amides is 1. The average molecular weight is 774 g/mol. The number of hydrogen-bond donors (Lipinski definition) is 5. The minimum absolute atomic E-state index is 0.00615. The monoisotopic (exact) mass is 773 g/mol. The van der Waals surface area contributed by atoms with Gasteiger partial charge in [-0.2, -0.15) is 0 Å². The number of anilines is 2. The molecule has 1 atom stereocenters. The van der Waals surface area contributed by atoms with Crippen LogP contribution >= 0.6 is 0 Å². The van der Waals surface area contributed by atoms with E-state index in [1.165, 1.54) is 24.4 Å². The second kappa shape index (κ2) is 17.0. The van der Waals surface area contributed by atoms with Crippen molar-refractivity contribution < 1.29 is 38.3 Å². The van der Waals surface area contributed by atoms with Crippen molar-refractivity contribution >= 4 is 63.6 Å². The predicted molar refractivity (Wildman–Crippen MR) is 209 cm³/mol. The molecule has 3 aromatic carbocycles. The summed E-state index contributed by atoms with van der Waals surface area (Å²) in [5, 5.41) is 12.1. The second-order valence-electron chi connectivity index (χ2n) is 14.5. The van der Waals surface area contributed by atoms with Gasteiger partial charge in [0, 0.05) is 42.7 Å². The predicted octanol–water partition coefficient (Wildman–Crippen LogP) is 3.84. The van der Waals surface area contributed by atoms with Crippen molar-refractivity contribution in [2.45, 2.75) is 63.3 Å². The van der Waals surface area contributed by atoms with Crippen molar-refractivity contribution in [3.05, 3.63) is 95.2 Å². The molecule has 7 rings (SSSR count). The second-order valence-corrected chi connectivity index (χ2v) is 14.5. The Morgan fingerprint density at radius 3 is 2.35 bits per heavy atom. The first-order valence-corrected chi connectivity index (χ1v) is 19.2. The standard InChI is InChI=1S/C42H43N7O8/c43-38(52)30-22-46-31-16-15-26(21-29(31)37(30)47-27-7-2-1-3-8-27)24-11-13-25(14-12-24)39(53)45-20-5-4-19-44-35(51)23-57-33-10-6-9-28-36(33)42(56)49(41(28)55)32-17-18-34(50)48-40(32)54/h1-3,6-10,15-16,21-22,24-25,32H,4-5,11-14,17-20,23H2,(H2,43,52)(H,44,51)(H,45,53)(H,46,47)(H,48,50,54). The van der Waals surface area contributed by atoms with Gasteiger partial charge in [0.25, 0.3) is 23.6 Å². The first-order valence-electron chi connectivity index (χ1n) is 19.2. The van der Waals surface area contributed by atoms with E-state index >= 15 is 0 Å². The minimum atomic E-state index is -1.11. The van der Waals surface area contributed by atoms with Gasteiger partial charge in [-0.1, -0.05) is 30.3 Å². The quantitative estimate of drug-likeness (QED) is 0.0921. The van der Waals surface area contributed by atoms with Gasteiger partial charge in [0.05, 0.1) is 27.9 Å². The number of nitrogens with two attached hydrogens (primary N) is 1. The zero-order valence-corrected chi connectivity index (χ0v) is 31.2. The van der Waals surface area contributed by atoms with Crippen molar-refractivity contribution in [3.63, 3.8) is 0 Å². The summed E-state index contributed by atoms with van der Waals surface area (Å²) in [6, 6.07) is 19.0. The molecule has 1 aromatic heterocycles. The van der Waals surface area contributed by atoms with Crippen LogP contribution in [0.2, 0.25) is 0 Å². The molecule has 1 unspecified atom stereocenters. The third-order valence-electron chi connectivity index (χ3n) is 10.8. The van der Waals surface area contributed by atoms with Crippen LogP contribution in [-0.4, -0.2) is 77.0 Å². The van der Waals surface area contributed by atoms with Crippen molar-refractivity contribution in [2.75, 3.05) is 25.0 Å². The van der Waals surface area contributed by atoms with Gasteiger partial charge in [0.2, 0.25) is 17.7 Å². The number of unbranched alkanes of at least 4 members (excludes halogenated alkanes) is 1. The molecular weight excluding hydrogens is 731 g/mol. The number of ether oxygens (including phenoxy) is 1. The smallest absolute Gasteiger partial charge is 0.266 e. The molecule has 15 heteroatoms. The highest BCUT2D eigenvalue weighted by molar-refractivity contribution is 6.24. The number of pyridine rings is 1. The number of carbonyl (C=O) groups is 7. The zero-order valence-electron chi connectivity index (χ0n) is 31.2. The van der Waals surface area contributed by atoms with E-state index in [4.69, 9.17) is 10.5 Å². The molecule has 2 fully saturated rings. The van der Waals surface area contributed by atoms with Crippen molar-refractivity contribution in [2.24, 2.45) is 11.7 Å². The van der Waals surface area contributed by atoms with Crippen LogP contribution in [0.4, 0.5) is 11.4 Å². The van der Waals surface area contributed by atoms with Gasteiger partial charge in [-0.15, -0.1) is 0 Å². The first kappa shape index (κ1) is 38.6. The van der Waals surface area contributed by atoms with Crippen LogP contribution in [0.1, 0.15) is 93.9 Å². The van der Waals surface area contributed by atoms with Crippen molar-refractivity contribution in [1.82, 2.24) is 25.8 Å². The molecule has 1 aliphatic carbocycles. The minimum Gasteiger partial charge on any atom is -0.483 e. The van der Waals surface area contributed by atoms with Gasteiger partial charge < -0.3 is 26.4 Å². The molecule has 3 aliphatic rings. The molecule has 3 heterocycles. The van der Waals surface area contributed by atoms with Crippen LogP contribution in [0.15, 0.2) is 72.9 Å². The zero-order chi connectivity index (χ0) is 40.1. The lowest BCUT2D eigenvalue weighted by Gasteiger charge is -2.28. The van der Waals surface area contributed by atoms with Crippen LogP contribution in [0, 0.1) is 5.92 Å². The lowest BCUT2D eigenvalue weighted by Crippen LogP contribution is -2.54. The number of piperidine rings is 1. The number of nitrogens with zero attached hydrogens (tertiary/aromatic N) is 2. The van der Waals surface area contributed by atoms with E-state index in [9.17, 15) is 33.6 Å². The van der Waals surface area contributed by atoms with Gasteiger partial charge in [0.15, 0.2) is 6.61 Å². The third-order valence-corrected chi connectivity index (χ3v) is 10.8. The van der Waals surface area contributed by atoms with Crippen molar-refractivity contribution in [3.8, 4) is 5.75 Å². The van der Waals surface area contributed by atoms with Gasteiger partial charge in [-0.05, 0) is 92.8 Å². The molecule has 0 bridgehead atoms. The summed E-state index contributed by atoms with van der Waals surface area (Å²) in [5.41, 5.74) is 9.39. The van der Waals surface area contributed by atoms with Crippen LogP contribution < -0.4 is 31.7 Å². The molecule has 4 aromatic rings. The fourth-order valence-corrected chi connectivity index (χ4v) is 7.77. The molecule has 1 saturated heterocycles. The SMILES string of the molecule is NC(=O)c1cnc2ccc(C3CCC(C(=O)NCCCCNC(=O)COc4cccc5c4C(=O)N(C4CCC(=O)NC4=O)C5=O)CC3)cc2c1Nc1ccccc1. The number of hydrogen-bond acceptors (Lipinski definition) is 10. The first-order chi connectivity index (χ1) is 27.6. The normalized spacial score (nSPS) is 19.2. The third kappa shape index (κ3) is 8.47. The van der Waals surface area contributed by atoms with E-state index in [2.05, 4.69) is 38.4 Å². The molecule has 15 nitrogen and oxygen atoms in total. The maximum atomic E-state index is 13.2. The number of aromatic nitrogens is 1. The van der Waals surface area contributed by atoms with Gasteiger partial charge in [-0.25, -0.2) is 0 Å². The van der Waals surface area contributed by atoms with E-state index in [0.717, 1.165) is 52.7 Å². The van der Waals surface area contributed by atoms with Gasteiger partial charge >= 0.3 is 0 Å². The Hall–Kier alpha value is -6.64. The van der Waals surface area contributed by atoms with Gasteiger partial charge in [0.1, 0.15) is 11.8 Å². The molecule has 57 heavy (non-hydrogen) atoms. The topological polar surface area (TPSA) is 219 Å². The van der Waals surface area contributed by atoms with Crippen molar-refractivity contribution in [1.29, 1.82) is 0 Å². The van der Waals surface area contributed by atoms with E-state index in [1.54, 1.807) is 0 Å². The lowest BCUT2D eigenvalue weighted by molar-refractivity contribution is -0.136. The fourth-order valence-electron chi connectivity index (χ4n) is 7.77. The molecule has 7 amide bonds. The lowest BCUT2D eigenvalue weighted by atomic mass is 9.78. The number of benzene rings is 3. The number of rotatable bonds is 14. The fraction of sp³-hybridized carbons (Fsp3) is 0.333. The Kier molecular flexibility index (Phi) is 11.5. The Morgan fingerprint density at radius 1 is 0.860 bits per heavy atom. The Morgan fingerprint density at radius 2 is 1.61 bits per heavy atom. The van der Waals surface area contributed by atoms with Crippen LogP contribution in [0.3, 0.4) is 0 Å². The summed E-state index contributed by atoms with van der Waals surface area (Å²) in [4.78, 5) is 93.4. The molecule has 0 spiro atoms. The highest BCUT2D eigenvalue weighted by Gasteiger charge is 2.46. The number of nitrogens with one attached hydrogen (secondary N) is 4. The van der Waals surface area contributed by atoms with Gasteiger partial charge in [-0.3, -0.25) is 48.8 Å². The molecule has 6 N–H and O–H groups in total. The summed E-state index contributed by atoms with van der Waals surface area (Å²) < 4.78 is 5.63. The summed E-state index contributed by atoms with van der Waals surface area (Å²) in [5.74, 6) is -3.30.